The zero-order valence-corrected chi connectivity index (χ0v) is 16.9. The number of nitrogens with zero attached hydrogens (tertiary/aromatic N) is 6. The summed E-state index contributed by atoms with van der Waals surface area (Å²) in [7, 11) is 1.87. The van der Waals surface area contributed by atoms with Crippen LogP contribution in [0.25, 0.3) is 5.65 Å². The van der Waals surface area contributed by atoms with E-state index in [1.54, 1.807) is 15.7 Å². The van der Waals surface area contributed by atoms with Crippen LogP contribution in [0.5, 0.6) is 0 Å². The van der Waals surface area contributed by atoms with Gasteiger partial charge in [-0.2, -0.15) is 4.52 Å². The number of carbonyl (C=O) groups is 1. The van der Waals surface area contributed by atoms with Crippen LogP contribution in [0, 0.1) is 12.8 Å². The SMILES string of the molecule is Cc1cc(Br)ccc1N(C)C(=O)C1CCN(c2ccc3nncn3n2)CC1. The van der Waals surface area contributed by atoms with E-state index < -0.39 is 0 Å². The molecule has 1 amide bonds. The van der Waals surface area contributed by atoms with Gasteiger partial charge in [0.05, 0.1) is 0 Å². The van der Waals surface area contributed by atoms with Gasteiger partial charge in [0, 0.05) is 36.2 Å². The van der Waals surface area contributed by atoms with Crippen LogP contribution in [-0.4, -0.2) is 45.9 Å². The molecule has 4 rings (SSSR count). The van der Waals surface area contributed by atoms with Crippen LogP contribution in [0.1, 0.15) is 18.4 Å². The van der Waals surface area contributed by atoms with Gasteiger partial charge in [0.1, 0.15) is 12.1 Å². The van der Waals surface area contributed by atoms with E-state index in [9.17, 15) is 4.79 Å². The molecule has 0 N–H and O–H groups in total. The van der Waals surface area contributed by atoms with Gasteiger partial charge in [-0.3, -0.25) is 4.79 Å². The van der Waals surface area contributed by atoms with Crippen LogP contribution in [-0.2, 0) is 4.79 Å². The van der Waals surface area contributed by atoms with Gasteiger partial charge in [0.25, 0.3) is 0 Å². The minimum atomic E-state index is 0.0351. The highest BCUT2D eigenvalue weighted by atomic mass is 79.9. The van der Waals surface area contributed by atoms with Crippen molar-refractivity contribution in [1.82, 2.24) is 19.8 Å². The van der Waals surface area contributed by atoms with Gasteiger partial charge < -0.3 is 9.80 Å². The van der Waals surface area contributed by atoms with Gasteiger partial charge >= 0.3 is 0 Å². The Balaban J connectivity index is 1.42. The van der Waals surface area contributed by atoms with Crippen molar-refractivity contribution in [3.63, 3.8) is 0 Å². The molecule has 0 unspecified atom stereocenters. The molecule has 0 radical (unpaired) electrons. The number of fused-ring (bicyclic) bond motifs is 1. The monoisotopic (exact) mass is 428 g/mol. The van der Waals surface area contributed by atoms with Gasteiger partial charge in [0.2, 0.25) is 5.91 Å². The zero-order chi connectivity index (χ0) is 19.0. The number of carbonyl (C=O) groups excluding carboxylic acids is 1. The molecule has 0 bridgehead atoms. The molecule has 0 atom stereocenters. The fourth-order valence-corrected chi connectivity index (χ4v) is 4.11. The molecule has 3 heterocycles. The van der Waals surface area contributed by atoms with Crippen molar-refractivity contribution in [2.75, 3.05) is 29.9 Å². The van der Waals surface area contributed by atoms with E-state index in [2.05, 4.69) is 36.1 Å². The van der Waals surface area contributed by atoms with Crippen LogP contribution < -0.4 is 9.80 Å². The van der Waals surface area contributed by atoms with Gasteiger partial charge in [0.15, 0.2) is 5.65 Å². The van der Waals surface area contributed by atoms with Gasteiger partial charge in [-0.05, 0) is 55.7 Å². The number of rotatable bonds is 3. The second-order valence-corrected chi connectivity index (χ2v) is 7.83. The Kier molecular flexibility index (Phi) is 4.82. The van der Waals surface area contributed by atoms with Crippen molar-refractivity contribution in [3.05, 3.63) is 46.7 Å². The van der Waals surface area contributed by atoms with E-state index in [1.165, 1.54) is 0 Å². The lowest BCUT2D eigenvalue weighted by atomic mass is 9.95. The minimum absolute atomic E-state index is 0.0351. The lowest BCUT2D eigenvalue weighted by molar-refractivity contribution is -0.122. The second-order valence-electron chi connectivity index (χ2n) is 6.91. The van der Waals surface area contributed by atoms with Crippen molar-refractivity contribution < 1.29 is 4.79 Å². The molecular formula is C19H21BrN6O. The van der Waals surface area contributed by atoms with Gasteiger partial charge in [-0.25, -0.2) is 0 Å². The second kappa shape index (κ2) is 7.26. The molecule has 0 spiro atoms. The lowest BCUT2D eigenvalue weighted by Crippen LogP contribution is -2.42. The highest BCUT2D eigenvalue weighted by Crippen LogP contribution is 2.28. The molecule has 7 nitrogen and oxygen atoms in total. The first-order chi connectivity index (χ1) is 13.0. The summed E-state index contributed by atoms with van der Waals surface area (Å²) in [4.78, 5) is 17.0. The molecule has 0 saturated carbocycles. The average molecular weight is 429 g/mol. The number of benzene rings is 1. The normalized spacial score (nSPS) is 15.3. The number of aryl methyl sites for hydroxylation is 1. The maximum absolute atomic E-state index is 13.0. The standard InChI is InChI=1S/C19H21BrN6O/c1-13-11-15(20)3-4-16(13)24(2)19(27)14-7-9-25(10-8-14)18-6-5-17-22-21-12-26(17)23-18/h3-6,11-12,14H,7-10H2,1-2H3. The topological polar surface area (TPSA) is 66.6 Å². The molecule has 1 saturated heterocycles. The number of anilines is 2. The third-order valence-corrected chi connectivity index (χ3v) is 5.66. The molecular weight excluding hydrogens is 408 g/mol. The summed E-state index contributed by atoms with van der Waals surface area (Å²) in [5.74, 6) is 1.11. The first kappa shape index (κ1) is 17.9. The molecule has 0 aliphatic carbocycles. The quantitative estimate of drug-likeness (QED) is 0.640. The zero-order valence-electron chi connectivity index (χ0n) is 15.3. The molecule has 3 aromatic rings. The predicted octanol–water partition coefficient (Wildman–Crippen LogP) is 3.07. The van der Waals surface area contributed by atoms with E-state index >= 15 is 0 Å². The Labute approximate surface area is 166 Å². The number of amides is 1. The summed E-state index contributed by atoms with van der Waals surface area (Å²) < 4.78 is 2.70. The number of piperidine rings is 1. The summed E-state index contributed by atoms with van der Waals surface area (Å²) in [5, 5.41) is 12.4. The molecule has 2 aromatic heterocycles. The first-order valence-corrected chi connectivity index (χ1v) is 9.78. The first-order valence-electron chi connectivity index (χ1n) is 8.98. The van der Waals surface area contributed by atoms with Crippen LogP contribution in [0.15, 0.2) is 41.1 Å². The van der Waals surface area contributed by atoms with Crippen LogP contribution in [0.2, 0.25) is 0 Å². The highest BCUT2D eigenvalue weighted by Gasteiger charge is 2.28. The summed E-state index contributed by atoms with van der Waals surface area (Å²) in [6.45, 7) is 3.65. The number of halogens is 1. The fraction of sp³-hybridized carbons (Fsp3) is 0.368. The number of aromatic nitrogens is 4. The Morgan fingerprint density at radius 1 is 1.22 bits per heavy atom. The lowest BCUT2D eigenvalue weighted by Gasteiger charge is -2.34. The summed E-state index contributed by atoms with van der Waals surface area (Å²) in [6, 6.07) is 9.88. The van der Waals surface area contributed by atoms with Crippen molar-refractivity contribution in [1.29, 1.82) is 0 Å². The Morgan fingerprint density at radius 2 is 2.00 bits per heavy atom. The molecule has 1 fully saturated rings. The Bertz CT molecular complexity index is 979. The number of hydrogen-bond acceptors (Lipinski definition) is 5. The molecule has 8 heteroatoms. The van der Waals surface area contributed by atoms with Crippen molar-refractivity contribution in [2.45, 2.75) is 19.8 Å². The van der Waals surface area contributed by atoms with Crippen LogP contribution >= 0.6 is 15.9 Å². The largest absolute Gasteiger partial charge is 0.355 e. The van der Waals surface area contributed by atoms with Gasteiger partial charge in [-0.15, -0.1) is 15.3 Å². The van der Waals surface area contributed by atoms with Crippen molar-refractivity contribution in [2.24, 2.45) is 5.92 Å². The molecule has 140 valence electrons. The summed E-state index contributed by atoms with van der Waals surface area (Å²) in [5.41, 5.74) is 2.78. The van der Waals surface area contributed by atoms with E-state index in [0.717, 1.165) is 53.1 Å². The van der Waals surface area contributed by atoms with Crippen molar-refractivity contribution in [3.8, 4) is 0 Å². The smallest absolute Gasteiger partial charge is 0.229 e. The van der Waals surface area contributed by atoms with E-state index in [1.807, 2.05) is 44.3 Å². The maximum atomic E-state index is 13.0. The molecule has 27 heavy (non-hydrogen) atoms. The third kappa shape index (κ3) is 3.53. The minimum Gasteiger partial charge on any atom is -0.355 e. The predicted molar refractivity (Wildman–Crippen MR) is 108 cm³/mol. The summed E-state index contributed by atoms with van der Waals surface area (Å²) >= 11 is 3.48. The van der Waals surface area contributed by atoms with Crippen molar-refractivity contribution >= 4 is 39.0 Å². The molecule has 1 aromatic carbocycles. The number of hydrogen-bond donors (Lipinski definition) is 0. The molecule has 1 aliphatic heterocycles. The average Bonchev–Trinajstić information content (AvgIpc) is 3.15. The van der Waals surface area contributed by atoms with E-state index in [-0.39, 0.29) is 11.8 Å². The van der Waals surface area contributed by atoms with Gasteiger partial charge in [-0.1, -0.05) is 15.9 Å². The fourth-order valence-electron chi connectivity index (χ4n) is 3.63. The van der Waals surface area contributed by atoms with Crippen LogP contribution in [0.3, 0.4) is 0 Å². The maximum Gasteiger partial charge on any atom is 0.229 e. The third-order valence-electron chi connectivity index (χ3n) is 5.17. The summed E-state index contributed by atoms with van der Waals surface area (Å²) in [6.07, 6.45) is 3.24. The Hall–Kier alpha value is -2.48. The van der Waals surface area contributed by atoms with E-state index in [4.69, 9.17) is 0 Å². The van der Waals surface area contributed by atoms with E-state index in [0.29, 0.717) is 0 Å². The Morgan fingerprint density at radius 3 is 2.74 bits per heavy atom. The highest BCUT2D eigenvalue weighted by molar-refractivity contribution is 9.10. The van der Waals surface area contributed by atoms with Crippen LogP contribution in [0.4, 0.5) is 11.5 Å². The molecule has 1 aliphatic rings.